The molecule has 1 aromatic carbocycles. The van der Waals surface area contributed by atoms with Gasteiger partial charge in [-0.15, -0.1) is 0 Å². The highest BCUT2D eigenvalue weighted by atomic mass is 35.5. The average molecular weight is 381 g/mol. The lowest BCUT2D eigenvalue weighted by Gasteiger charge is -2.09. The molecule has 0 amide bonds. The molecule has 1 fully saturated rings. The molecule has 1 aromatic heterocycles. The fourth-order valence-electron chi connectivity index (χ4n) is 2.33. The van der Waals surface area contributed by atoms with Crippen molar-refractivity contribution in [2.75, 3.05) is 6.61 Å². The van der Waals surface area contributed by atoms with Crippen LogP contribution in [0.15, 0.2) is 30.0 Å². The maximum atomic E-state index is 13.5. The van der Waals surface area contributed by atoms with Crippen LogP contribution in [0.1, 0.15) is 30.1 Å². The number of ketones is 1. The van der Waals surface area contributed by atoms with Crippen molar-refractivity contribution in [3.05, 3.63) is 52.3 Å². The van der Waals surface area contributed by atoms with E-state index in [0.717, 1.165) is 25.0 Å². The first-order valence-electron chi connectivity index (χ1n) is 8.04. The normalized spacial score (nSPS) is 14.4. The molecule has 0 atom stereocenters. The first kappa shape index (κ1) is 18.3. The van der Waals surface area contributed by atoms with Gasteiger partial charge in [-0.25, -0.2) is 18.6 Å². The van der Waals surface area contributed by atoms with E-state index in [0.29, 0.717) is 0 Å². The smallest absolute Gasteiger partial charge is 0.343 e. The summed E-state index contributed by atoms with van der Waals surface area (Å²) in [5.74, 6) is -3.65. The number of nitrogens with zero attached hydrogens (tertiary/aromatic N) is 1. The predicted octanol–water partition coefficient (Wildman–Crippen LogP) is 3.55. The quantitative estimate of drug-likeness (QED) is 0.207. The number of hydrogen-bond donors (Lipinski definition) is 1. The number of fused-ring (bicyclic) bond motifs is 1. The number of pyridine rings is 1. The number of aromatic nitrogens is 1. The van der Waals surface area contributed by atoms with E-state index in [9.17, 15) is 18.4 Å². The summed E-state index contributed by atoms with van der Waals surface area (Å²) >= 11 is 6.04. The number of carbonyl (C=O) groups is 2. The van der Waals surface area contributed by atoms with Crippen molar-refractivity contribution in [2.24, 2.45) is 0 Å². The molecule has 0 radical (unpaired) electrons. The average Bonchev–Trinajstić information content (AvgIpc) is 3.40. The second-order valence-electron chi connectivity index (χ2n) is 5.83. The summed E-state index contributed by atoms with van der Waals surface area (Å²) in [6, 6.07) is 3.30. The van der Waals surface area contributed by atoms with Crippen molar-refractivity contribution < 1.29 is 23.1 Å². The molecule has 0 unspecified atom stereocenters. The van der Waals surface area contributed by atoms with Crippen LogP contribution in [0.4, 0.5) is 8.78 Å². The van der Waals surface area contributed by atoms with E-state index in [-0.39, 0.29) is 39.8 Å². The summed E-state index contributed by atoms with van der Waals surface area (Å²) in [6.07, 6.45) is 3.21. The van der Waals surface area contributed by atoms with Crippen LogP contribution in [-0.4, -0.2) is 29.4 Å². The lowest BCUT2D eigenvalue weighted by atomic mass is 10.0. The van der Waals surface area contributed by atoms with Gasteiger partial charge in [0, 0.05) is 23.7 Å². The molecule has 8 heteroatoms. The van der Waals surface area contributed by atoms with Gasteiger partial charge >= 0.3 is 5.97 Å². The minimum absolute atomic E-state index is 0.0953. The first-order valence-corrected chi connectivity index (χ1v) is 8.41. The summed E-state index contributed by atoms with van der Waals surface area (Å²) in [6.45, 7) is 1.72. The van der Waals surface area contributed by atoms with Gasteiger partial charge in [0.1, 0.15) is 10.7 Å². The number of carbonyl (C=O) groups excluding carboxylic acids is 2. The molecule has 2 aromatic rings. The second kappa shape index (κ2) is 7.37. The van der Waals surface area contributed by atoms with Crippen molar-refractivity contribution >= 4 is 34.3 Å². The zero-order chi connectivity index (χ0) is 18.8. The third-order valence-corrected chi connectivity index (χ3v) is 4.12. The molecule has 1 heterocycles. The maximum absolute atomic E-state index is 13.5. The van der Waals surface area contributed by atoms with Gasteiger partial charge in [-0.1, -0.05) is 11.6 Å². The predicted molar refractivity (Wildman–Crippen MR) is 91.9 cm³/mol. The van der Waals surface area contributed by atoms with Crippen LogP contribution >= 0.6 is 11.6 Å². The molecule has 1 aliphatic carbocycles. The minimum Gasteiger partial charge on any atom is -0.462 e. The van der Waals surface area contributed by atoms with Crippen LogP contribution in [0, 0.1) is 11.6 Å². The molecule has 1 aliphatic rings. The van der Waals surface area contributed by atoms with Crippen LogP contribution < -0.4 is 5.32 Å². The van der Waals surface area contributed by atoms with E-state index in [1.165, 1.54) is 12.3 Å². The van der Waals surface area contributed by atoms with Gasteiger partial charge in [0.05, 0.1) is 17.7 Å². The number of nitrogens with one attached hydrogen (secondary N) is 1. The lowest BCUT2D eigenvalue weighted by molar-refractivity contribution is -0.138. The number of halogens is 3. The van der Waals surface area contributed by atoms with Gasteiger partial charge in [0.15, 0.2) is 11.6 Å². The van der Waals surface area contributed by atoms with Gasteiger partial charge < -0.3 is 10.1 Å². The van der Waals surface area contributed by atoms with E-state index < -0.39 is 23.4 Å². The fourth-order valence-corrected chi connectivity index (χ4v) is 2.56. The minimum atomic E-state index is -1.07. The Morgan fingerprint density at radius 3 is 2.65 bits per heavy atom. The van der Waals surface area contributed by atoms with Crippen LogP contribution in [0.3, 0.4) is 0 Å². The lowest BCUT2D eigenvalue weighted by Crippen LogP contribution is -2.21. The van der Waals surface area contributed by atoms with Gasteiger partial charge in [0.25, 0.3) is 0 Å². The van der Waals surface area contributed by atoms with Gasteiger partial charge in [0.2, 0.25) is 5.78 Å². The molecule has 0 aliphatic heterocycles. The van der Waals surface area contributed by atoms with E-state index in [2.05, 4.69) is 10.3 Å². The molecule has 0 bridgehead atoms. The number of ether oxygens (including phenoxy) is 1. The first-order chi connectivity index (χ1) is 12.4. The number of hydrogen-bond acceptors (Lipinski definition) is 5. The van der Waals surface area contributed by atoms with E-state index in [1.54, 1.807) is 6.92 Å². The van der Waals surface area contributed by atoms with E-state index in [1.807, 2.05) is 0 Å². The summed E-state index contributed by atoms with van der Waals surface area (Å²) in [5.41, 5.74) is -0.227. The van der Waals surface area contributed by atoms with Crippen molar-refractivity contribution in [2.45, 2.75) is 25.8 Å². The van der Waals surface area contributed by atoms with Gasteiger partial charge in [-0.3, -0.25) is 4.79 Å². The Morgan fingerprint density at radius 2 is 2.00 bits per heavy atom. The SMILES string of the molecule is CCOC(=O)C(=CNC1CC1)C(=O)c1cc2cc(F)c(F)cc2nc1Cl. The number of Topliss-reactive ketones (excluding diaryl/α,β-unsaturated/α-hetero) is 1. The molecule has 5 nitrogen and oxygen atoms in total. The molecule has 136 valence electrons. The molecular formula is C18H15ClF2N2O3. The Morgan fingerprint density at radius 1 is 1.31 bits per heavy atom. The number of benzene rings is 1. The summed E-state index contributed by atoms with van der Waals surface area (Å²) < 4.78 is 31.7. The van der Waals surface area contributed by atoms with E-state index in [4.69, 9.17) is 16.3 Å². The molecule has 0 saturated heterocycles. The highest BCUT2D eigenvalue weighted by Gasteiger charge is 2.26. The third kappa shape index (κ3) is 3.83. The molecule has 3 rings (SSSR count). The Kier molecular flexibility index (Phi) is 5.18. The topological polar surface area (TPSA) is 68.3 Å². The zero-order valence-corrected chi connectivity index (χ0v) is 14.6. The molecule has 26 heavy (non-hydrogen) atoms. The third-order valence-electron chi connectivity index (χ3n) is 3.84. The Bertz CT molecular complexity index is 926. The van der Waals surface area contributed by atoms with Crippen molar-refractivity contribution in [1.29, 1.82) is 0 Å². The second-order valence-corrected chi connectivity index (χ2v) is 6.19. The zero-order valence-electron chi connectivity index (χ0n) is 13.8. The summed E-state index contributed by atoms with van der Waals surface area (Å²) in [7, 11) is 0. The van der Waals surface area contributed by atoms with E-state index >= 15 is 0 Å². The highest BCUT2D eigenvalue weighted by Crippen LogP contribution is 2.25. The molecule has 1 N–H and O–H groups in total. The van der Waals surface area contributed by atoms with Gasteiger partial charge in [-0.05, 0) is 31.9 Å². The number of esters is 1. The van der Waals surface area contributed by atoms with Crippen LogP contribution in [-0.2, 0) is 9.53 Å². The van der Waals surface area contributed by atoms with Gasteiger partial charge in [-0.2, -0.15) is 0 Å². The fraction of sp³-hybridized carbons (Fsp3) is 0.278. The largest absolute Gasteiger partial charge is 0.462 e. The molecular weight excluding hydrogens is 366 g/mol. The van der Waals surface area contributed by atoms with Crippen LogP contribution in [0.5, 0.6) is 0 Å². The Hall–Kier alpha value is -2.54. The monoisotopic (exact) mass is 380 g/mol. The summed E-state index contributed by atoms with van der Waals surface area (Å²) in [4.78, 5) is 28.9. The van der Waals surface area contributed by atoms with Crippen molar-refractivity contribution in [1.82, 2.24) is 10.3 Å². The maximum Gasteiger partial charge on any atom is 0.343 e. The standard InChI is InChI=1S/C18H15ClF2N2O3/c1-2-26-18(25)12(8-22-10-3-4-10)16(24)11-5-9-6-13(20)14(21)7-15(9)23-17(11)19/h5-8,10,22H,2-4H2,1H3. The summed E-state index contributed by atoms with van der Waals surface area (Å²) in [5, 5.41) is 2.94. The Labute approximate surface area is 153 Å². The Balaban J connectivity index is 2.02. The van der Waals surface area contributed by atoms with Crippen LogP contribution in [0.2, 0.25) is 5.15 Å². The van der Waals surface area contributed by atoms with Crippen molar-refractivity contribution in [3.63, 3.8) is 0 Å². The van der Waals surface area contributed by atoms with Crippen LogP contribution in [0.25, 0.3) is 10.9 Å². The van der Waals surface area contributed by atoms with Crippen molar-refractivity contribution in [3.8, 4) is 0 Å². The molecule has 1 saturated carbocycles. The highest BCUT2D eigenvalue weighted by molar-refractivity contribution is 6.36. The number of rotatable bonds is 6. The molecule has 0 spiro atoms.